The summed E-state index contributed by atoms with van der Waals surface area (Å²) in [5.74, 6) is 0. The second-order valence-corrected chi connectivity index (χ2v) is 4.46. The van der Waals surface area contributed by atoms with Gasteiger partial charge in [0.05, 0.1) is 23.0 Å². The lowest BCUT2D eigenvalue weighted by Gasteiger charge is -2.15. The first-order chi connectivity index (χ1) is 7.06. The van der Waals surface area contributed by atoms with E-state index in [9.17, 15) is 9.32 Å². The van der Waals surface area contributed by atoms with Crippen LogP contribution in [0.25, 0.3) is 0 Å². The van der Waals surface area contributed by atoms with E-state index < -0.39 is 22.4 Å². The molecule has 0 aliphatic carbocycles. The van der Waals surface area contributed by atoms with Gasteiger partial charge in [-0.05, 0) is 24.6 Å². The van der Waals surface area contributed by atoms with E-state index in [0.29, 0.717) is 11.1 Å². The SMILES string of the molecule is C[C@H]([C@@H](O)c1ccc(C#N)cc1)S(=O)O. The normalized spacial score (nSPS) is 16.4. The van der Waals surface area contributed by atoms with Crippen LogP contribution in [0.3, 0.4) is 0 Å². The summed E-state index contributed by atoms with van der Waals surface area (Å²) in [5.41, 5.74) is 1.02. The largest absolute Gasteiger partial charge is 0.387 e. The van der Waals surface area contributed by atoms with E-state index in [4.69, 9.17) is 9.81 Å². The van der Waals surface area contributed by atoms with E-state index >= 15 is 0 Å². The van der Waals surface area contributed by atoms with Crippen molar-refractivity contribution in [2.24, 2.45) is 0 Å². The number of nitrogens with zero attached hydrogens (tertiary/aromatic N) is 1. The van der Waals surface area contributed by atoms with Crippen LogP contribution in [0.5, 0.6) is 0 Å². The van der Waals surface area contributed by atoms with Gasteiger partial charge in [-0.1, -0.05) is 12.1 Å². The summed E-state index contributed by atoms with van der Waals surface area (Å²) in [6, 6.07) is 8.23. The highest BCUT2D eigenvalue weighted by molar-refractivity contribution is 7.79. The van der Waals surface area contributed by atoms with E-state index in [2.05, 4.69) is 0 Å². The Bertz CT molecular complexity index is 396. The summed E-state index contributed by atoms with van der Waals surface area (Å²) in [7, 11) is 0. The van der Waals surface area contributed by atoms with Crippen LogP contribution in [0, 0.1) is 11.3 Å². The molecule has 1 rings (SSSR count). The van der Waals surface area contributed by atoms with Crippen LogP contribution in [0.15, 0.2) is 24.3 Å². The number of benzene rings is 1. The first-order valence-electron chi connectivity index (χ1n) is 4.34. The Labute approximate surface area is 90.5 Å². The molecule has 0 saturated carbocycles. The molecule has 1 aromatic rings. The number of aliphatic hydroxyl groups excluding tert-OH is 1. The molecule has 15 heavy (non-hydrogen) atoms. The molecular weight excluding hydrogens is 214 g/mol. The summed E-state index contributed by atoms with van der Waals surface area (Å²) in [5, 5.41) is 17.5. The maximum atomic E-state index is 10.7. The van der Waals surface area contributed by atoms with Gasteiger partial charge >= 0.3 is 0 Å². The molecule has 1 unspecified atom stereocenters. The first kappa shape index (κ1) is 11.9. The van der Waals surface area contributed by atoms with Crippen LogP contribution < -0.4 is 0 Å². The van der Waals surface area contributed by atoms with Crippen LogP contribution in [-0.2, 0) is 11.1 Å². The van der Waals surface area contributed by atoms with Gasteiger partial charge in [0.1, 0.15) is 0 Å². The summed E-state index contributed by atoms with van der Waals surface area (Å²) < 4.78 is 19.5. The highest BCUT2D eigenvalue weighted by atomic mass is 32.2. The van der Waals surface area contributed by atoms with Crippen LogP contribution >= 0.6 is 0 Å². The molecule has 1 aromatic carbocycles. The molecule has 2 N–H and O–H groups in total. The van der Waals surface area contributed by atoms with Crippen molar-refractivity contribution in [2.75, 3.05) is 0 Å². The maximum Gasteiger partial charge on any atom is 0.158 e. The van der Waals surface area contributed by atoms with Gasteiger partial charge < -0.3 is 9.66 Å². The van der Waals surface area contributed by atoms with Crippen molar-refractivity contribution in [2.45, 2.75) is 18.3 Å². The molecule has 3 atom stereocenters. The molecule has 0 aliphatic rings. The number of hydrogen-bond donors (Lipinski definition) is 2. The molecule has 0 spiro atoms. The fraction of sp³-hybridized carbons (Fsp3) is 0.300. The van der Waals surface area contributed by atoms with Crippen LogP contribution in [0.4, 0.5) is 0 Å². The van der Waals surface area contributed by atoms with Gasteiger partial charge in [-0.3, -0.25) is 0 Å². The fourth-order valence-electron chi connectivity index (χ4n) is 1.14. The zero-order valence-corrected chi connectivity index (χ0v) is 8.94. The van der Waals surface area contributed by atoms with Gasteiger partial charge in [-0.2, -0.15) is 5.26 Å². The van der Waals surface area contributed by atoms with Crippen molar-refractivity contribution in [3.05, 3.63) is 35.4 Å². The minimum atomic E-state index is -2.06. The van der Waals surface area contributed by atoms with Gasteiger partial charge in [0, 0.05) is 0 Å². The fourth-order valence-corrected chi connectivity index (χ4v) is 1.51. The molecule has 4 nitrogen and oxygen atoms in total. The van der Waals surface area contributed by atoms with Crippen molar-refractivity contribution in [3.63, 3.8) is 0 Å². The van der Waals surface area contributed by atoms with Crippen LogP contribution in [0.2, 0.25) is 0 Å². The average Bonchev–Trinajstić information content (AvgIpc) is 2.27. The third kappa shape index (κ3) is 2.86. The van der Waals surface area contributed by atoms with Crippen molar-refractivity contribution in [3.8, 4) is 6.07 Å². The second kappa shape index (κ2) is 5.03. The first-order valence-corrected chi connectivity index (χ1v) is 5.51. The molecular formula is C10H11NO3S. The van der Waals surface area contributed by atoms with Crippen molar-refractivity contribution < 1.29 is 13.9 Å². The Morgan fingerprint density at radius 2 is 1.93 bits per heavy atom. The average molecular weight is 225 g/mol. The second-order valence-electron chi connectivity index (χ2n) is 3.16. The molecule has 0 heterocycles. The Kier molecular flexibility index (Phi) is 3.97. The molecule has 0 aliphatic heterocycles. The van der Waals surface area contributed by atoms with Crippen molar-refractivity contribution >= 4 is 11.1 Å². The zero-order valence-electron chi connectivity index (χ0n) is 8.12. The number of aliphatic hydroxyl groups is 1. The molecule has 0 amide bonds. The Balaban J connectivity index is 2.88. The molecule has 80 valence electrons. The van der Waals surface area contributed by atoms with Crippen LogP contribution in [-0.4, -0.2) is 19.1 Å². The summed E-state index contributed by atoms with van der Waals surface area (Å²) >= 11 is -2.06. The third-order valence-corrected chi connectivity index (χ3v) is 3.04. The minimum Gasteiger partial charge on any atom is -0.387 e. The summed E-state index contributed by atoms with van der Waals surface area (Å²) in [6.07, 6.45) is -0.997. The molecule has 0 radical (unpaired) electrons. The lowest BCUT2D eigenvalue weighted by atomic mass is 10.1. The molecule has 0 fully saturated rings. The van der Waals surface area contributed by atoms with E-state index in [-0.39, 0.29) is 0 Å². The molecule has 5 heteroatoms. The smallest absolute Gasteiger partial charge is 0.158 e. The number of hydrogen-bond acceptors (Lipinski definition) is 3. The number of rotatable bonds is 3. The Morgan fingerprint density at radius 3 is 2.33 bits per heavy atom. The lowest BCUT2D eigenvalue weighted by molar-refractivity contribution is 0.175. The summed E-state index contributed by atoms with van der Waals surface area (Å²) in [6.45, 7) is 1.49. The van der Waals surface area contributed by atoms with Gasteiger partial charge in [0.25, 0.3) is 0 Å². The van der Waals surface area contributed by atoms with E-state index in [0.717, 1.165) is 0 Å². The van der Waals surface area contributed by atoms with Gasteiger partial charge in [-0.15, -0.1) is 0 Å². The lowest BCUT2D eigenvalue weighted by Crippen LogP contribution is -2.19. The Hall–Kier alpha value is -1.22. The highest BCUT2D eigenvalue weighted by Crippen LogP contribution is 2.19. The van der Waals surface area contributed by atoms with Gasteiger partial charge in [0.2, 0.25) is 0 Å². The third-order valence-electron chi connectivity index (χ3n) is 2.14. The molecule has 0 saturated heterocycles. The summed E-state index contributed by atoms with van der Waals surface area (Å²) in [4.78, 5) is 0. The van der Waals surface area contributed by atoms with E-state index in [1.165, 1.54) is 6.92 Å². The van der Waals surface area contributed by atoms with Crippen molar-refractivity contribution in [1.82, 2.24) is 0 Å². The van der Waals surface area contributed by atoms with E-state index in [1.807, 2.05) is 6.07 Å². The maximum absolute atomic E-state index is 10.7. The van der Waals surface area contributed by atoms with Gasteiger partial charge in [-0.25, -0.2) is 4.21 Å². The molecule has 0 aromatic heterocycles. The highest BCUT2D eigenvalue weighted by Gasteiger charge is 2.20. The quantitative estimate of drug-likeness (QED) is 0.757. The topological polar surface area (TPSA) is 81.3 Å². The molecule has 0 bridgehead atoms. The Morgan fingerprint density at radius 1 is 1.40 bits per heavy atom. The standard InChI is InChI=1S/C10H11NO3S/c1-7(15(13)14)10(12)9-4-2-8(6-11)3-5-9/h2-5,7,10,12H,1H3,(H,13,14)/t7-,10-/m1/s1. The van der Waals surface area contributed by atoms with E-state index in [1.54, 1.807) is 24.3 Å². The number of nitriles is 1. The van der Waals surface area contributed by atoms with Gasteiger partial charge in [0.15, 0.2) is 11.1 Å². The predicted molar refractivity (Wildman–Crippen MR) is 56.4 cm³/mol. The van der Waals surface area contributed by atoms with Crippen LogP contribution in [0.1, 0.15) is 24.2 Å². The predicted octanol–water partition coefficient (Wildman–Crippen LogP) is 1.20. The minimum absolute atomic E-state index is 0.490. The zero-order chi connectivity index (χ0) is 11.4. The van der Waals surface area contributed by atoms with Crippen molar-refractivity contribution in [1.29, 1.82) is 5.26 Å². The monoisotopic (exact) mass is 225 g/mol.